The van der Waals surface area contributed by atoms with Crippen molar-refractivity contribution in [3.8, 4) is 0 Å². The number of nitrogens with two attached hydrogens (primary N) is 1. The molecule has 0 saturated heterocycles. The summed E-state index contributed by atoms with van der Waals surface area (Å²) < 4.78 is 10.5. The maximum absolute atomic E-state index is 11.8. The van der Waals surface area contributed by atoms with Gasteiger partial charge in [-0.1, -0.05) is 15.9 Å². The number of hydrogen-bond donors (Lipinski definition) is 2. The number of hydrogen-bond acceptors (Lipinski definition) is 5. The third-order valence-corrected chi connectivity index (χ3v) is 2.77. The summed E-state index contributed by atoms with van der Waals surface area (Å²) in [5.41, 5.74) is 6.34. The Labute approximate surface area is 125 Å². The number of halogens is 1. The van der Waals surface area contributed by atoms with Crippen molar-refractivity contribution >= 4 is 33.5 Å². The Hall–Kier alpha value is -1.60. The van der Waals surface area contributed by atoms with Crippen LogP contribution >= 0.6 is 15.9 Å². The molecule has 0 radical (unpaired) electrons. The van der Waals surface area contributed by atoms with Crippen molar-refractivity contribution in [2.45, 2.75) is 13.0 Å². The standard InChI is InChI=1S/C13H17BrN2O4/c1-8(6-19-2)16-12(17)7-20-13(18)9-3-10(14)5-11(15)4-9/h3-5,8H,6-7,15H2,1-2H3,(H,16,17). The second-order valence-electron chi connectivity index (χ2n) is 4.27. The lowest BCUT2D eigenvalue weighted by Crippen LogP contribution is -2.38. The maximum atomic E-state index is 11.8. The van der Waals surface area contributed by atoms with Gasteiger partial charge in [-0.3, -0.25) is 4.79 Å². The Balaban J connectivity index is 2.48. The van der Waals surface area contributed by atoms with Crippen LogP contribution in [0.4, 0.5) is 5.69 Å². The molecule has 1 aromatic rings. The van der Waals surface area contributed by atoms with E-state index in [0.717, 1.165) is 0 Å². The molecule has 1 atom stereocenters. The van der Waals surface area contributed by atoms with E-state index < -0.39 is 5.97 Å². The number of nitrogens with one attached hydrogen (secondary N) is 1. The van der Waals surface area contributed by atoms with Crippen molar-refractivity contribution in [2.24, 2.45) is 0 Å². The molecule has 0 spiro atoms. The minimum Gasteiger partial charge on any atom is -0.452 e. The number of carbonyl (C=O) groups is 2. The molecule has 0 heterocycles. The average molecular weight is 345 g/mol. The van der Waals surface area contributed by atoms with Crippen LogP contribution in [-0.4, -0.2) is 38.2 Å². The predicted octanol–water partition coefficient (Wildman–Crippen LogP) is 1.34. The van der Waals surface area contributed by atoms with Crippen LogP contribution in [0.2, 0.25) is 0 Å². The van der Waals surface area contributed by atoms with Crippen molar-refractivity contribution in [1.29, 1.82) is 0 Å². The fourth-order valence-electron chi connectivity index (χ4n) is 1.55. The molecular formula is C13H17BrN2O4. The highest BCUT2D eigenvalue weighted by Crippen LogP contribution is 2.17. The number of anilines is 1. The first kappa shape index (κ1) is 16.5. The largest absolute Gasteiger partial charge is 0.452 e. The zero-order valence-electron chi connectivity index (χ0n) is 11.3. The third kappa shape index (κ3) is 5.58. The van der Waals surface area contributed by atoms with Gasteiger partial charge in [-0.05, 0) is 25.1 Å². The monoisotopic (exact) mass is 344 g/mol. The topological polar surface area (TPSA) is 90.6 Å². The molecule has 0 aliphatic heterocycles. The van der Waals surface area contributed by atoms with Crippen LogP contribution in [-0.2, 0) is 14.3 Å². The predicted molar refractivity (Wildman–Crippen MR) is 78.3 cm³/mol. The summed E-state index contributed by atoms with van der Waals surface area (Å²) in [5, 5.41) is 2.64. The van der Waals surface area contributed by atoms with Gasteiger partial charge in [0.25, 0.3) is 5.91 Å². The Morgan fingerprint density at radius 1 is 1.40 bits per heavy atom. The Kier molecular flexibility index (Phi) is 6.47. The normalized spacial score (nSPS) is 11.8. The summed E-state index contributed by atoms with van der Waals surface area (Å²) in [6.07, 6.45) is 0. The molecule has 0 aromatic heterocycles. The van der Waals surface area contributed by atoms with Crippen LogP contribution in [0, 0.1) is 0 Å². The molecule has 0 fully saturated rings. The summed E-state index contributed by atoms with van der Waals surface area (Å²) in [6, 6.07) is 4.58. The molecule has 7 heteroatoms. The number of ether oxygens (including phenoxy) is 2. The Morgan fingerprint density at radius 3 is 2.70 bits per heavy atom. The van der Waals surface area contributed by atoms with Crippen molar-refractivity contribution < 1.29 is 19.1 Å². The SMILES string of the molecule is COCC(C)NC(=O)COC(=O)c1cc(N)cc(Br)c1. The van der Waals surface area contributed by atoms with Crippen LogP contribution in [0.1, 0.15) is 17.3 Å². The molecule has 3 N–H and O–H groups in total. The lowest BCUT2D eigenvalue weighted by Gasteiger charge is -2.12. The number of rotatable bonds is 6. The first-order valence-electron chi connectivity index (χ1n) is 5.94. The third-order valence-electron chi connectivity index (χ3n) is 2.31. The number of benzene rings is 1. The fourth-order valence-corrected chi connectivity index (χ4v) is 2.06. The highest BCUT2D eigenvalue weighted by Gasteiger charge is 2.13. The smallest absolute Gasteiger partial charge is 0.338 e. The average Bonchev–Trinajstić information content (AvgIpc) is 2.35. The Morgan fingerprint density at radius 2 is 2.10 bits per heavy atom. The van der Waals surface area contributed by atoms with E-state index in [1.807, 2.05) is 0 Å². The van der Waals surface area contributed by atoms with Crippen LogP contribution in [0.5, 0.6) is 0 Å². The number of carbonyl (C=O) groups excluding carboxylic acids is 2. The van der Waals surface area contributed by atoms with E-state index in [1.165, 1.54) is 6.07 Å². The fraction of sp³-hybridized carbons (Fsp3) is 0.385. The van der Waals surface area contributed by atoms with Gasteiger partial charge < -0.3 is 20.5 Å². The molecule has 0 aliphatic carbocycles. The first-order valence-corrected chi connectivity index (χ1v) is 6.73. The molecule has 0 bridgehead atoms. The van der Waals surface area contributed by atoms with E-state index in [1.54, 1.807) is 26.2 Å². The molecule has 0 aliphatic rings. The molecule has 20 heavy (non-hydrogen) atoms. The minimum absolute atomic E-state index is 0.146. The molecule has 1 aromatic carbocycles. The summed E-state index contributed by atoms with van der Waals surface area (Å²) in [7, 11) is 1.54. The van der Waals surface area contributed by atoms with Gasteiger partial charge in [0.1, 0.15) is 0 Å². The van der Waals surface area contributed by atoms with Crippen molar-refractivity contribution in [2.75, 3.05) is 26.1 Å². The second-order valence-corrected chi connectivity index (χ2v) is 5.19. The van der Waals surface area contributed by atoms with Gasteiger partial charge in [0.15, 0.2) is 6.61 Å². The second kappa shape index (κ2) is 7.86. The number of methoxy groups -OCH3 is 1. The van der Waals surface area contributed by atoms with E-state index in [2.05, 4.69) is 21.2 Å². The molecule has 6 nitrogen and oxygen atoms in total. The lowest BCUT2D eigenvalue weighted by atomic mass is 10.2. The first-order chi connectivity index (χ1) is 9.42. The van der Waals surface area contributed by atoms with Gasteiger partial charge in [0.2, 0.25) is 0 Å². The van der Waals surface area contributed by atoms with Crippen molar-refractivity contribution in [3.63, 3.8) is 0 Å². The number of esters is 1. The summed E-state index contributed by atoms with van der Waals surface area (Å²) in [5.74, 6) is -0.988. The van der Waals surface area contributed by atoms with Crippen molar-refractivity contribution in [1.82, 2.24) is 5.32 Å². The molecule has 1 rings (SSSR count). The van der Waals surface area contributed by atoms with E-state index in [9.17, 15) is 9.59 Å². The lowest BCUT2D eigenvalue weighted by molar-refractivity contribution is -0.125. The molecule has 110 valence electrons. The van der Waals surface area contributed by atoms with E-state index in [0.29, 0.717) is 16.8 Å². The van der Waals surface area contributed by atoms with Gasteiger partial charge in [-0.2, -0.15) is 0 Å². The van der Waals surface area contributed by atoms with Crippen LogP contribution < -0.4 is 11.1 Å². The van der Waals surface area contributed by atoms with Gasteiger partial charge in [-0.15, -0.1) is 0 Å². The molecular weight excluding hydrogens is 328 g/mol. The van der Waals surface area contributed by atoms with Crippen LogP contribution in [0.15, 0.2) is 22.7 Å². The van der Waals surface area contributed by atoms with Crippen LogP contribution in [0.3, 0.4) is 0 Å². The number of amides is 1. The molecule has 1 amide bonds. The summed E-state index contributed by atoms with van der Waals surface area (Å²) in [6.45, 7) is 1.83. The van der Waals surface area contributed by atoms with Gasteiger partial charge in [0.05, 0.1) is 12.2 Å². The van der Waals surface area contributed by atoms with Crippen LogP contribution in [0.25, 0.3) is 0 Å². The minimum atomic E-state index is -0.604. The summed E-state index contributed by atoms with van der Waals surface area (Å²) >= 11 is 3.23. The zero-order valence-corrected chi connectivity index (χ0v) is 12.9. The highest BCUT2D eigenvalue weighted by atomic mass is 79.9. The highest BCUT2D eigenvalue weighted by molar-refractivity contribution is 9.10. The maximum Gasteiger partial charge on any atom is 0.338 e. The molecule has 1 unspecified atom stereocenters. The van der Waals surface area contributed by atoms with E-state index in [4.69, 9.17) is 15.2 Å². The number of nitrogen functional groups attached to an aromatic ring is 1. The molecule has 0 saturated carbocycles. The quantitative estimate of drug-likeness (QED) is 0.600. The zero-order chi connectivity index (χ0) is 15.1. The van der Waals surface area contributed by atoms with Gasteiger partial charge in [-0.25, -0.2) is 4.79 Å². The van der Waals surface area contributed by atoms with Crippen molar-refractivity contribution in [3.05, 3.63) is 28.2 Å². The van der Waals surface area contributed by atoms with Gasteiger partial charge in [0, 0.05) is 23.3 Å². The van der Waals surface area contributed by atoms with E-state index >= 15 is 0 Å². The Bertz CT molecular complexity index is 473. The summed E-state index contributed by atoms with van der Waals surface area (Å²) in [4.78, 5) is 23.3. The van der Waals surface area contributed by atoms with Gasteiger partial charge >= 0.3 is 5.97 Å². The van der Waals surface area contributed by atoms with E-state index in [-0.39, 0.29) is 24.1 Å².